The van der Waals surface area contributed by atoms with Crippen LogP contribution < -0.4 is 5.32 Å². The van der Waals surface area contributed by atoms with Gasteiger partial charge in [-0.2, -0.15) is 0 Å². The highest BCUT2D eigenvalue weighted by Crippen LogP contribution is 2.22. The Morgan fingerprint density at radius 2 is 1.95 bits per heavy atom. The van der Waals surface area contributed by atoms with Crippen LogP contribution in [0.1, 0.15) is 24.0 Å². The Balaban J connectivity index is 1.93. The number of aliphatic hydroxyl groups is 1. The van der Waals surface area contributed by atoms with Gasteiger partial charge in [-0.05, 0) is 43.7 Å². The first-order valence-electron chi connectivity index (χ1n) is 6.32. The minimum absolute atomic E-state index is 0.235. The fourth-order valence-electron chi connectivity index (χ4n) is 1.91. The zero-order valence-corrected chi connectivity index (χ0v) is 11.4. The molecule has 0 radical (unpaired) electrons. The average molecular weight is 281 g/mol. The third-order valence-corrected chi connectivity index (χ3v) is 3.05. The van der Waals surface area contributed by atoms with Gasteiger partial charge in [0, 0.05) is 13.1 Å². The Morgan fingerprint density at radius 3 is 2.55 bits per heavy atom. The predicted octanol–water partition coefficient (Wildman–Crippen LogP) is 2.86. The third kappa shape index (κ3) is 3.43. The van der Waals surface area contributed by atoms with Crippen molar-refractivity contribution in [2.24, 2.45) is 0 Å². The molecule has 5 heteroatoms. The number of aryl methyl sites for hydroxylation is 1. The Kier molecular flexibility index (Phi) is 4.20. The molecule has 0 aliphatic heterocycles. The van der Waals surface area contributed by atoms with E-state index in [1.807, 2.05) is 0 Å². The molecule has 0 aliphatic carbocycles. The minimum Gasteiger partial charge on any atom is -0.463 e. The summed E-state index contributed by atoms with van der Waals surface area (Å²) in [6.07, 6.45) is 0. The van der Waals surface area contributed by atoms with Crippen LogP contribution in [0.5, 0.6) is 0 Å². The van der Waals surface area contributed by atoms with Gasteiger partial charge in [-0.15, -0.1) is 0 Å². The molecule has 0 fully saturated rings. The molecule has 2 N–H and O–H groups in total. The molecule has 20 heavy (non-hydrogen) atoms. The Labute approximate surface area is 116 Å². The molecule has 0 saturated carbocycles. The predicted molar refractivity (Wildman–Crippen MR) is 71.1 cm³/mol. The molecule has 1 aromatic carbocycles. The number of rotatable bonds is 5. The Bertz CT molecular complexity index is 593. The van der Waals surface area contributed by atoms with E-state index in [1.165, 1.54) is 6.07 Å². The van der Waals surface area contributed by atoms with Crippen LogP contribution in [0.3, 0.4) is 0 Å². The van der Waals surface area contributed by atoms with Crippen molar-refractivity contribution in [3.05, 3.63) is 59.1 Å². The second kappa shape index (κ2) is 5.73. The molecule has 3 nitrogen and oxygen atoms in total. The summed E-state index contributed by atoms with van der Waals surface area (Å²) in [4.78, 5) is 0. The van der Waals surface area contributed by atoms with Crippen LogP contribution in [0.25, 0.3) is 0 Å². The number of hydrogen-bond acceptors (Lipinski definition) is 3. The summed E-state index contributed by atoms with van der Waals surface area (Å²) in [6.45, 7) is 3.99. The molecule has 1 heterocycles. The second-order valence-electron chi connectivity index (χ2n) is 5.04. The summed E-state index contributed by atoms with van der Waals surface area (Å²) in [6, 6.07) is 7.21. The van der Waals surface area contributed by atoms with Crippen LogP contribution in [0.15, 0.2) is 34.7 Å². The topological polar surface area (TPSA) is 45.4 Å². The van der Waals surface area contributed by atoms with Crippen LogP contribution in [0.2, 0.25) is 0 Å². The maximum atomic E-state index is 13.0. The quantitative estimate of drug-likeness (QED) is 0.886. The van der Waals surface area contributed by atoms with E-state index >= 15 is 0 Å². The van der Waals surface area contributed by atoms with E-state index in [0.29, 0.717) is 17.9 Å². The maximum Gasteiger partial charge on any atom is 0.159 e. The first kappa shape index (κ1) is 14.7. The van der Waals surface area contributed by atoms with Crippen LogP contribution in [-0.4, -0.2) is 11.7 Å². The van der Waals surface area contributed by atoms with Gasteiger partial charge in [0.05, 0.1) is 0 Å². The van der Waals surface area contributed by atoms with E-state index in [4.69, 9.17) is 4.42 Å². The molecular weight excluding hydrogens is 264 g/mol. The molecule has 1 aromatic heterocycles. The van der Waals surface area contributed by atoms with Crippen LogP contribution in [-0.2, 0) is 12.1 Å². The largest absolute Gasteiger partial charge is 0.463 e. The van der Waals surface area contributed by atoms with Crippen LogP contribution in [0, 0.1) is 18.6 Å². The Hall–Kier alpha value is -1.72. The smallest absolute Gasteiger partial charge is 0.159 e. The van der Waals surface area contributed by atoms with Gasteiger partial charge < -0.3 is 14.8 Å². The van der Waals surface area contributed by atoms with Crippen molar-refractivity contribution in [2.45, 2.75) is 26.0 Å². The lowest BCUT2D eigenvalue weighted by molar-refractivity contribution is 0.0332. The number of furan rings is 1. The second-order valence-corrected chi connectivity index (χ2v) is 5.04. The number of halogens is 2. The van der Waals surface area contributed by atoms with E-state index in [1.54, 1.807) is 26.0 Å². The highest BCUT2D eigenvalue weighted by atomic mass is 19.2. The number of nitrogens with one attached hydrogen (secondary N) is 1. The van der Waals surface area contributed by atoms with E-state index in [0.717, 1.165) is 17.9 Å². The third-order valence-electron chi connectivity index (χ3n) is 3.05. The molecule has 1 unspecified atom stereocenters. The van der Waals surface area contributed by atoms with Crippen molar-refractivity contribution in [3.63, 3.8) is 0 Å². The highest BCUT2D eigenvalue weighted by molar-refractivity contribution is 5.18. The lowest BCUT2D eigenvalue weighted by Crippen LogP contribution is -2.34. The van der Waals surface area contributed by atoms with Gasteiger partial charge in [0.1, 0.15) is 17.1 Å². The molecule has 0 spiro atoms. The zero-order valence-electron chi connectivity index (χ0n) is 11.4. The van der Waals surface area contributed by atoms with Crippen molar-refractivity contribution < 1.29 is 18.3 Å². The summed E-state index contributed by atoms with van der Waals surface area (Å²) < 4.78 is 31.2. The lowest BCUT2D eigenvalue weighted by atomic mass is 10.0. The maximum absolute atomic E-state index is 13.0. The summed E-state index contributed by atoms with van der Waals surface area (Å²) in [5.74, 6) is -0.557. The van der Waals surface area contributed by atoms with Gasteiger partial charge >= 0.3 is 0 Å². The molecule has 2 rings (SSSR count). The van der Waals surface area contributed by atoms with Crippen molar-refractivity contribution in [1.82, 2.24) is 5.32 Å². The van der Waals surface area contributed by atoms with Crippen molar-refractivity contribution in [1.29, 1.82) is 0 Å². The minimum atomic E-state index is -1.16. The molecular formula is C15H17F2NO2. The standard InChI is InChI=1S/C15H17F2NO2/c1-10-3-6-14(20-10)15(2,19)9-18-8-11-4-5-12(16)13(17)7-11/h3-7,18-19H,8-9H2,1-2H3. The van der Waals surface area contributed by atoms with Crippen molar-refractivity contribution >= 4 is 0 Å². The van der Waals surface area contributed by atoms with Gasteiger partial charge in [0.2, 0.25) is 0 Å². The molecule has 0 aliphatic rings. The molecule has 0 bridgehead atoms. The van der Waals surface area contributed by atoms with E-state index in [-0.39, 0.29) is 6.54 Å². The molecule has 0 amide bonds. The lowest BCUT2D eigenvalue weighted by Gasteiger charge is -2.21. The van der Waals surface area contributed by atoms with Crippen LogP contribution >= 0.6 is 0 Å². The number of benzene rings is 1. The summed E-state index contributed by atoms with van der Waals surface area (Å²) in [7, 11) is 0. The average Bonchev–Trinajstić information content (AvgIpc) is 2.81. The van der Waals surface area contributed by atoms with Crippen molar-refractivity contribution in [3.8, 4) is 0 Å². The number of hydrogen-bond donors (Lipinski definition) is 2. The van der Waals surface area contributed by atoms with E-state index < -0.39 is 17.2 Å². The summed E-state index contributed by atoms with van der Waals surface area (Å²) >= 11 is 0. The highest BCUT2D eigenvalue weighted by Gasteiger charge is 2.26. The van der Waals surface area contributed by atoms with Gasteiger partial charge in [0.15, 0.2) is 11.6 Å². The first-order valence-corrected chi connectivity index (χ1v) is 6.32. The van der Waals surface area contributed by atoms with Gasteiger partial charge in [0.25, 0.3) is 0 Å². The van der Waals surface area contributed by atoms with Crippen LogP contribution in [0.4, 0.5) is 8.78 Å². The van der Waals surface area contributed by atoms with Gasteiger partial charge in [-0.25, -0.2) is 8.78 Å². The molecule has 108 valence electrons. The fraction of sp³-hybridized carbons (Fsp3) is 0.333. The first-order chi connectivity index (χ1) is 9.38. The molecule has 0 saturated heterocycles. The Morgan fingerprint density at radius 1 is 1.20 bits per heavy atom. The molecule has 2 aromatic rings. The van der Waals surface area contributed by atoms with E-state index in [9.17, 15) is 13.9 Å². The normalized spacial score (nSPS) is 14.2. The summed E-state index contributed by atoms with van der Waals surface area (Å²) in [5.41, 5.74) is -0.553. The van der Waals surface area contributed by atoms with E-state index in [2.05, 4.69) is 5.32 Å². The van der Waals surface area contributed by atoms with Crippen molar-refractivity contribution in [2.75, 3.05) is 6.54 Å². The zero-order chi connectivity index (χ0) is 14.8. The fourth-order valence-corrected chi connectivity index (χ4v) is 1.91. The molecule has 1 atom stereocenters. The van der Waals surface area contributed by atoms with Gasteiger partial charge in [-0.1, -0.05) is 6.07 Å². The monoisotopic (exact) mass is 281 g/mol. The SMILES string of the molecule is Cc1ccc(C(C)(O)CNCc2ccc(F)c(F)c2)o1. The van der Waals surface area contributed by atoms with Gasteiger partial charge in [-0.3, -0.25) is 0 Å². The summed E-state index contributed by atoms with van der Waals surface area (Å²) in [5, 5.41) is 13.3.